The lowest BCUT2D eigenvalue weighted by molar-refractivity contribution is -0.138. The number of amides is 6. The van der Waals surface area contributed by atoms with Gasteiger partial charge in [0.25, 0.3) is 23.6 Å². The Morgan fingerprint density at radius 2 is 1.32 bits per heavy atom. The van der Waals surface area contributed by atoms with E-state index in [9.17, 15) is 58.8 Å². The monoisotopic (exact) mass is 1270 g/mol. The molecule has 0 spiro atoms. The molecule has 1 fully saturated rings. The van der Waals surface area contributed by atoms with Crippen LogP contribution in [-0.4, -0.2) is 144 Å². The summed E-state index contributed by atoms with van der Waals surface area (Å²) < 4.78 is 0. The molecule has 5 atom stereocenters. The summed E-state index contributed by atoms with van der Waals surface area (Å²) in [6.45, 7) is 3.38. The molecule has 25 nitrogen and oxygen atoms in total. The highest BCUT2D eigenvalue weighted by Crippen LogP contribution is 2.42. The molecule has 7 aromatic heterocycles. The number of hydrogen-bond donors (Lipinski definition) is 8. The van der Waals surface area contributed by atoms with Gasteiger partial charge in [0, 0.05) is 82.2 Å². The fourth-order valence-electron chi connectivity index (χ4n) is 9.49. The lowest BCUT2D eigenvalue weighted by atomic mass is 10.0. The molecule has 9 N–H and O–H groups in total. The highest BCUT2D eigenvalue weighted by Gasteiger charge is 2.45. The van der Waals surface area contributed by atoms with Crippen LogP contribution in [0, 0.1) is 12.8 Å². The maximum absolute atomic E-state index is 15.0. The number of aromatic nitrogens is 7. The number of aliphatic carboxylic acids is 2. The lowest BCUT2D eigenvalue weighted by Crippen LogP contribution is -2.50. The Labute approximate surface area is 506 Å². The van der Waals surface area contributed by atoms with Crippen molar-refractivity contribution >= 4 is 115 Å². The van der Waals surface area contributed by atoms with Gasteiger partial charge in [-0.15, -0.1) is 68.0 Å². The molecule has 1 saturated heterocycles. The third-order valence-electron chi connectivity index (χ3n) is 13.8. The molecule has 1 aromatic carbocycles. The normalized spacial score (nSPS) is 18.2. The predicted molar refractivity (Wildman–Crippen MR) is 315 cm³/mol. The first kappa shape index (κ1) is 59.8. The number of phenolic OH excluding ortho intramolecular Hbond substituents is 1. The third kappa shape index (κ3) is 13.8. The minimum absolute atomic E-state index is 0.00189. The Morgan fingerprint density at radius 3 is 2.04 bits per heavy atom. The first-order valence-corrected chi connectivity index (χ1v) is 31.4. The van der Waals surface area contributed by atoms with Crippen molar-refractivity contribution in [3.05, 3.63) is 112 Å². The summed E-state index contributed by atoms with van der Waals surface area (Å²) in [7, 11) is 0. The molecule has 2 aliphatic rings. The van der Waals surface area contributed by atoms with E-state index in [-0.39, 0.29) is 98.2 Å². The van der Waals surface area contributed by atoms with Gasteiger partial charge in [0.05, 0.1) is 36.8 Å². The van der Waals surface area contributed by atoms with E-state index in [1.165, 1.54) is 60.7 Å². The molecule has 0 radical (unpaired) electrons. The summed E-state index contributed by atoms with van der Waals surface area (Å²) in [5.74, 6) is -6.33. The summed E-state index contributed by atoms with van der Waals surface area (Å²) >= 11 is 6.92. The number of pyridine rings is 1. The van der Waals surface area contributed by atoms with Crippen molar-refractivity contribution < 1.29 is 58.8 Å². The second kappa shape index (κ2) is 25.9. The molecule has 2 aliphatic heterocycles. The van der Waals surface area contributed by atoms with Crippen molar-refractivity contribution in [1.29, 1.82) is 0 Å². The summed E-state index contributed by atoms with van der Waals surface area (Å²) in [6.07, 6.45) is -1.47. The Hall–Kier alpha value is -8.33. The van der Waals surface area contributed by atoms with Gasteiger partial charge >= 0.3 is 11.9 Å². The van der Waals surface area contributed by atoms with Crippen LogP contribution in [0.25, 0.3) is 43.4 Å². The topological polar surface area (TPSA) is 376 Å². The van der Waals surface area contributed by atoms with E-state index in [1.807, 2.05) is 6.92 Å². The van der Waals surface area contributed by atoms with Crippen LogP contribution in [-0.2, 0) is 32.1 Å². The molecule has 0 saturated carbocycles. The van der Waals surface area contributed by atoms with Gasteiger partial charge in [0.1, 0.15) is 81.7 Å². The molecular weight excluding hydrogens is 1220 g/mol. The van der Waals surface area contributed by atoms with Crippen LogP contribution in [0.2, 0.25) is 0 Å². The van der Waals surface area contributed by atoms with Gasteiger partial charge in [0.15, 0.2) is 0 Å². The first-order valence-electron chi connectivity index (χ1n) is 26.2. The van der Waals surface area contributed by atoms with Crippen LogP contribution in [0.4, 0.5) is 0 Å². The molecule has 8 aromatic rings. The number of rotatable bonds is 14. The van der Waals surface area contributed by atoms with E-state index >= 15 is 0 Å². The molecule has 6 amide bonds. The Bertz CT molecular complexity index is 3850. The molecule has 440 valence electrons. The maximum atomic E-state index is 15.0. The van der Waals surface area contributed by atoms with Gasteiger partial charge in [-0.05, 0) is 49.6 Å². The highest BCUT2D eigenvalue weighted by molar-refractivity contribution is 7.15. The number of aliphatic hydroxyl groups is 1. The number of carbonyl (C=O) groups excluding carboxylic acids is 6. The van der Waals surface area contributed by atoms with Crippen molar-refractivity contribution in [1.82, 2.24) is 60.6 Å². The van der Waals surface area contributed by atoms with Crippen molar-refractivity contribution in [3.63, 3.8) is 0 Å². The number of nitrogens with one attached hydrogen (secondary N) is 3. The van der Waals surface area contributed by atoms with E-state index in [1.54, 1.807) is 41.9 Å². The van der Waals surface area contributed by atoms with Crippen LogP contribution in [0.1, 0.15) is 119 Å². The van der Waals surface area contributed by atoms with Crippen LogP contribution in [0.15, 0.2) is 63.3 Å². The number of nitrogens with two attached hydrogens (primary N) is 1. The van der Waals surface area contributed by atoms with Crippen molar-refractivity contribution in [2.24, 2.45) is 11.7 Å². The van der Waals surface area contributed by atoms with E-state index in [4.69, 9.17) is 25.7 Å². The van der Waals surface area contributed by atoms with Gasteiger partial charge < -0.3 is 51.9 Å². The van der Waals surface area contributed by atoms with Crippen LogP contribution < -0.4 is 21.7 Å². The van der Waals surface area contributed by atoms with Crippen molar-refractivity contribution in [2.75, 3.05) is 19.6 Å². The second-order valence-corrected chi connectivity index (χ2v) is 25.4. The summed E-state index contributed by atoms with van der Waals surface area (Å²) in [4.78, 5) is 143. The Balaban J connectivity index is 1.03. The number of nitrogens with zero attached hydrogens (tertiary/aromatic N) is 9. The van der Waals surface area contributed by atoms with E-state index in [0.29, 0.717) is 63.8 Å². The van der Waals surface area contributed by atoms with Crippen LogP contribution in [0.5, 0.6) is 5.75 Å². The third-order valence-corrected chi connectivity index (χ3v) is 19.2. The number of phenols is 1. The largest absolute Gasteiger partial charge is 0.508 e. The van der Waals surface area contributed by atoms with Gasteiger partial charge in [-0.25, -0.2) is 34.9 Å². The maximum Gasteiger partial charge on any atom is 0.303 e. The van der Waals surface area contributed by atoms with E-state index in [2.05, 4.69) is 30.9 Å². The summed E-state index contributed by atoms with van der Waals surface area (Å²) in [5.41, 5.74) is 8.15. The zero-order valence-corrected chi connectivity index (χ0v) is 49.8. The smallest absolute Gasteiger partial charge is 0.303 e. The molecule has 10 rings (SSSR count). The number of carboxylic acid groups (broad SMARTS) is 2. The quantitative estimate of drug-likeness (QED) is 0.0602. The predicted octanol–water partition coefficient (Wildman–Crippen LogP) is 6.19. The van der Waals surface area contributed by atoms with Gasteiger partial charge in [0.2, 0.25) is 11.8 Å². The Morgan fingerprint density at radius 1 is 0.682 bits per heavy atom. The number of fused-ring (bicyclic) bond motifs is 16. The van der Waals surface area contributed by atoms with Crippen molar-refractivity contribution in [2.45, 2.75) is 83.1 Å². The van der Waals surface area contributed by atoms with Crippen molar-refractivity contribution in [3.8, 4) is 49.1 Å². The zero-order chi connectivity index (χ0) is 60.2. The van der Waals surface area contributed by atoms with Gasteiger partial charge in [-0.2, -0.15) is 0 Å². The number of hydrogen-bond acceptors (Lipinski definition) is 23. The SMILES string of the molecule is Cc1sc2nc1C(=O)NCc1nc(cs1)C(=O)N[C@@H](Cc1ccc(O)cc1)C(=O)N1C[C@H](O)[C@H](C)[C@H]1c1nc(cs1)-c1nc(cs1)-c1nc(-c3nc(C(=O)N(CCCC(=O)O)CCCC(=O)O)cs3)ccc1-c1nc(cs1)C(=O)N[C@H]2CC(N)=O. The molecular formula is C54H51N13O12S6. The first-order chi connectivity index (χ1) is 40.8. The molecule has 31 heteroatoms. The molecule has 9 heterocycles. The summed E-state index contributed by atoms with van der Waals surface area (Å²) in [6, 6.07) is 6.58. The average molecular weight is 1270 g/mol. The van der Waals surface area contributed by atoms with E-state index in [0.717, 1.165) is 45.3 Å². The lowest BCUT2D eigenvalue weighted by Gasteiger charge is -2.29. The fraction of sp³-hybridized carbons (Fsp3) is 0.315. The number of carboxylic acids is 2. The number of aryl methyl sites for hydroxylation is 1. The van der Waals surface area contributed by atoms with Crippen LogP contribution >= 0.6 is 68.0 Å². The van der Waals surface area contributed by atoms with Crippen LogP contribution in [0.3, 0.4) is 0 Å². The number of thiazole rings is 6. The highest BCUT2D eigenvalue weighted by atomic mass is 32.1. The number of aliphatic hydroxyl groups excluding tert-OH is 1. The molecule has 0 unspecified atom stereocenters. The molecule has 0 aliphatic carbocycles. The van der Waals surface area contributed by atoms with E-state index < -0.39 is 77.5 Å². The number of aromatic hydroxyl groups is 1. The van der Waals surface area contributed by atoms with Gasteiger partial charge in [-0.1, -0.05) is 19.1 Å². The molecule has 85 heavy (non-hydrogen) atoms. The number of benzene rings is 1. The molecule has 10 bridgehead atoms. The Kier molecular flexibility index (Phi) is 18.2. The second-order valence-electron chi connectivity index (χ2n) is 19.8. The fourth-order valence-corrected chi connectivity index (χ4v) is 14.6. The summed E-state index contributed by atoms with van der Waals surface area (Å²) in [5, 5.41) is 58.7. The minimum Gasteiger partial charge on any atom is -0.508 e. The number of carbonyl (C=O) groups is 8. The average Bonchev–Trinajstić information content (AvgIpc) is 2.15. The minimum atomic E-state index is -1.19. The number of primary amides is 1. The standard InChI is InChI=1S/C54H51N13O12S6/c1-24-37(69)18-67-44(24)52-63-35(22-84-52)50-61-32(19-82-50)43-28(11-12-29(58-43)49-64-36(23-83-49)53(78)66(13-3-5-40(71)72)14-4-6-41(73)74)48-62-34(21-81-48)46(76)59-30(16-38(55)70)51-65-42(25(2)85-51)47(77)56-17-39-57-33(20-80-39)45(75)60-31(54(67)79)15-26-7-9-27(68)10-8-26/h7-12,19-24,30-31,37,44,68-69H,3-6,13-18H2,1-2H3,(H2,55,70)(H,56,77)(H,59,76)(H,60,75)(H,71,72)(H,73,74)/t24-,30-,31-,37-,44-/m0/s1. The van der Waals surface area contributed by atoms with Gasteiger partial charge in [-0.3, -0.25) is 38.4 Å². The zero-order valence-electron chi connectivity index (χ0n) is 44.9.